The number of H-pyrrole nitrogens is 1. The minimum Gasteiger partial charge on any atom is -0.481 e. The van der Waals surface area contributed by atoms with E-state index in [2.05, 4.69) is 15.5 Å². The van der Waals surface area contributed by atoms with Gasteiger partial charge < -0.3 is 10.4 Å². The number of fused-ring (bicyclic) bond motifs is 1. The molecule has 0 saturated heterocycles. The summed E-state index contributed by atoms with van der Waals surface area (Å²) in [5.74, 6) is -1.15. The Balaban J connectivity index is 1.75. The lowest BCUT2D eigenvalue weighted by Gasteiger charge is -2.33. The number of carboxylic acid groups (broad SMARTS) is 1. The first-order chi connectivity index (χ1) is 10.6. The number of carboxylic acids is 1. The van der Waals surface area contributed by atoms with Gasteiger partial charge in [-0.1, -0.05) is 37.5 Å². The third-order valence-electron chi connectivity index (χ3n) is 4.54. The van der Waals surface area contributed by atoms with Gasteiger partial charge in [0.2, 0.25) is 0 Å². The Kier molecular flexibility index (Phi) is 3.83. The van der Waals surface area contributed by atoms with Crippen molar-refractivity contribution in [3.8, 4) is 0 Å². The molecule has 3 rings (SSSR count). The summed E-state index contributed by atoms with van der Waals surface area (Å²) in [5.41, 5.74) is 0.269. The molecule has 1 amide bonds. The molecule has 1 aliphatic carbocycles. The molecule has 1 aromatic heterocycles. The van der Waals surface area contributed by atoms with Gasteiger partial charge >= 0.3 is 5.97 Å². The number of hydrogen-bond donors (Lipinski definition) is 3. The molecular formula is C16H19N3O3. The number of benzene rings is 1. The van der Waals surface area contributed by atoms with E-state index >= 15 is 0 Å². The van der Waals surface area contributed by atoms with E-state index in [-0.39, 0.29) is 12.5 Å². The fourth-order valence-corrected chi connectivity index (χ4v) is 3.16. The van der Waals surface area contributed by atoms with Crippen molar-refractivity contribution >= 4 is 22.8 Å². The highest BCUT2D eigenvalue weighted by Crippen LogP contribution is 2.36. The molecule has 0 bridgehead atoms. The third-order valence-corrected chi connectivity index (χ3v) is 4.54. The molecule has 1 saturated carbocycles. The minimum atomic E-state index is -0.833. The maximum Gasteiger partial charge on any atom is 0.311 e. The molecule has 0 spiro atoms. The summed E-state index contributed by atoms with van der Waals surface area (Å²) in [4.78, 5) is 24.0. The summed E-state index contributed by atoms with van der Waals surface area (Å²) in [6.07, 6.45) is 4.09. The molecule has 1 fully saturated rings. The van der Waals surface area contributed by atoms with Crippen LogP contribution >= 0.6 is 0 Å². The first-order valence-corrected chi connectivity index (χ1v) is 7.57. The highest BCUT2D eigenvalue weighted by atomic mass is 16.4. The van der Waals surface area contributed by atoms with E-state index < -0.39 is 11.4 Å². The Morgan fingerprint density at radius 2 is 1.95 bits per heavy atom. The lowest BCUT2D eigenvalue weighted by atomic mass is 9.74. The predicted molar refractivity (Wildman–Crippen MR) is 81.6 cm³/mol. The van der Waals surface area contributed by atoms with Crippen molar-refractivity contribution in [2.45, 2.75) is 32.1 Å². The van der Waals surface area contributed by atoms with Crippen LogP contribution in [0.4, 0.5) is 0 Å². The molecule has 0 radical (unpaired) electrons. The second-order valence-corrected chi connectivity index (χ2v) is 5.95. The van der Waals surface area contributed by atoms with E-state index in [1.807, 2.05) is 24.3 Å². The maximum atomic E-state index is 12.3. The fraction of sp³-hybridized carbons (Fsp3) is 0.438. The maximum absolute atomic E-state index is 12.3. The van der Waals surface area contributed by atoms with Crippen molar-refractivity contribution in [3.63, 3.8) is 0 Å². The molecule has 0 unspecified atom stereocenters. The molecule has 116 valence electrons. The monoisotopic (exact) mass is 301 g/mol. The highest BCUT2D eigenvalue weighted by molar-refractivity contribution is 6.04. The average Bonchev–Trinajstić information content (AvgIpc) is 2.97. The lowest BCUT2D eigenvalue weighted by molar-refractivity contribution is -0.150. The highest BCUT2D eigenvalue weighted by Gasteiger charge is 2.40. The summed E-state index contributed by atoms with van der Waals surface area (Å²) in [5, 5.41) is 19.9. The second-order valence-electron chi connectivity index (χ2n) is 5.95. The van der Waals surface area contributed by atoms with E-state index in [0.29, 0.717) is 18.5 Å². The van der Waals surface area contributed by atoms with Crippen LogP contribution in [-0.4, -0.2) is 33.7 Å². The molecular weight excluding hydrogens is 282 g/mol. The van der Waals surface area contributed by atoms with Crippen LogP contribution in [0.2, 0.25) is 0 Å². The van der Waals surface area contributed by atoms with Crippen LogP contribution in [0.1, 0.15) is 42.6 Å². The van der Waals surface area contributed by atoms with Crippen molar-refractivity contribution < 1.29 is 14.7 Å². The zero-order valence-corrected chi connectivity index (χ0v) is 12.3. The van der Waals surface area contributed by atoms with Gasteiger partial charge in [0.1, 0.15) is 0 Å². The van der Waals surface area contributed by atoms with Crippen molar-refractivity contribution in [2.75, 3.05) is 6.54 Å². The summed E-state index contributed by atoms with van der Waals surface area (Å²) in [6, 6.07) is 7.37. The standard InChI is InChI=1S/C16H19N3O3/c20-14(13-11-6-2-3-7-12(11)18-19-13)17-10-16(15(21)22)8-4-1-5-9-16/h2-3,6-7H,1,4-5,8-10H2,(H,17,20)(H,18,19)(H,21,22). The van der Waals surface area contributed by atoms with Gasteiger partial charge in [0.05, 0.1) is 10.9 Å². The molecule has 3 N–H and O–H groups in total. The van der Waals surface area contributed by atoms with Gasteiger partial charge in [-0.25, -0.2) is 0 Å². The number of nitrogens with zero attached hydrogens (tertiary/aromatic N) is 1. The van der Waals surface area contributed by atoms with Gasteiger partial charge in [0, 0.05) is 11.9 Å². The molecule has 1 aliphatic rings. The predicted octanol–water partition coefficient (Wildman–Crippen LogP) is 2.33. The first kappa shape index (κ1) is 14.6. The molecule has 1 aromatic carbocycles. The van der Waals surface area contributed by atoms with Crippen LogP contribution in [-0.2, 0) is 4.79 Å². The summed E-state index contributed by atoms with van der Waals surface area (Å²) in [7, 11) is 0. The molecule has 0 aliphatic heterocycles. The van der Waals surface area contributed by atoms with E-state index in [0.717, 1.165) is 30.2 Å². The number of carbonyl (C=O) groups excluding carboxylic acids is 1. The van der Waals surface area contributed by atoms with Crippen LogP contribution in [0.5, 0.6) is 0 Å². The summed E-state index contributed by atoms with van der Waals surface area (Å²) in [6.45, 7) is 0.155. The Hall–Kier alpha value is -2.37. The topological polar surface area (TPSA) is 95.1 Å². The number of para-hydroxylation sites is 1. The molecule has 6 nitrogen and oxygen atoms in total. The van der Waals surface area contributed by atoms with Crippen LogP contribution in [0.25, 0.3) is 10.9 Å². The largest absolute Gasteiger partial charge is 0.481 e. The number of aromatic amines is 1. The van der Waals surface area contributed by atoms with Crippen LogP contribution in [0.15, 0.2) is 24.3 Å². The van der Waals surface area contributed by atoms with E-state index in [1.165, 1.54) is 0 Å². The third kappa shape index (κ3) is 2.56. The van der Waals surface area contributed by atoms with Gasteiger partial charge in [-0.15, -0.1) is 0 Å². The van der Waals surface area contributed by atoms with Crippen molar-refractivity contribution in [3.05, 3.63) is 30.0 Å². The zero-order valence-electron chi connectivity index (χ0n) is 12.3. The Labute approximate surface area is 127 Å². The number of hydrogen-bond acceptors (Lipinski definition) is 3. The van der Waals surface area contributed by atoms with Crippen molar-refractivity contribution in [1.29, 1.82) is 0 Å². The molecule has 1 heterocycles. The van der Waals surface area contributed by atoms with Crippen LogP contribution < -0.4 is 5.32 Å². The van der Waals surface area contributed by atoms with E-state index in [4.69, 9.17) is 0 Å². The van der Waals surface area contributed by atoms with Crippen molar-refractivity contribution in [1.82, 2.24) is 15.5 Å². The van der Waals surface area contributed by atoms with Gasteiger partial charge in [-0.3, -0.25) is 14.7 Å². The van der Waals surface area contributed by atoms with Gasteiger partial charge in [0.15, 0.2) is 5.69 Å². The Bertz CT molecular complexity index is 701. The summed E-state index contributed by atoms with van der Waals surface area (Å²) < 4.78 is 0. The van der Waals surface area contributed by atoms with Crippen molar-refractivity contribution in [2.24, 2.45) is 5.41 Å². The second kappa shape index (κ2) is 5.79. The summed E-state index contributed by atoms with van der Waals surface area (Å²) >= 11 is 0. The van der Waals surface area contributed by atoms with E-state index in [9.17, 15) is 14.7 Å². The lowest BCUT2D eigenvalue weighted by Crippen LogP contribution is -2.44. The smallest absolute Gasteiger partial charge is 0.311 e. The fourth-order valence-electron chi connectivity index (χ4n) is 3.16. The quantitative estimate of drug-likeness (QED) is 0.807. The molecule has 2 aromatic rings. The number of rotatable bonds is 4. The zero-order chi connectivity index (χ0) is 15.6. The van der Waals surface area contributed by atoms with Gasteiger partial charge in [0.25, 0.3) is 5.91 Å². The minimum absolute atomic E-state index is 0.155. The van der Waals surface area contributed by atoms with Gasteiger partial charge in [-0.05, 0) is 18.9 Å². The first-order valence-electron chi connectivity index (χ1n) is 7.57. The SMILES string of the molecule is O=C(NCC1(C(=O)O)CCCCC1)c1n[nH]c2ccccc12. The van der Waals surface area contributed by atoms with Gasteiger partial charge in [-0.2, -0.15) is 5.10 Å². The van der Waals surface area contributed by atoms with Crippen LogP contribution in [0.3, 0.4) is 0 Å². The number of aliphatic carboxylic acids is 1. The molecule has 0 atom stereocenters. The number of amides is 1. The number of carbonyl (C=O) groups is 2. The number of aromatic nitrogens is 2. The van der Waals surface area contributed by atoms with Crippen LogP contribution in [0, 0.1) is 5.41 Å². The average molecular weight is 301 g/mol. The normalized spacial score (nSPS) is 17.3. The molecule has 6 heteroatoms. The Morgan fingerprint density at radius 1 is 1.23 bits per heavy atom. The molecule has 22 heavy (non-hydrogen) atoms. The Morgan fingerprint density at radius 3 is 2.68 bits per heavy atom. The van der Waals surface area contributed by atoms with E-state index in [1.54, 1.807) is 0 Å². The number of nitrogens with one attached hydrogen (secondary N) is 2.